The highest BCUT2D eigenvalue weighted by Gasteiger charge is 2.79. The molecule has 0 aliphatic heterocycles. The number of ketones is 1. The van der Waals surface area contributed by atoms with Crippen LogP contribution in [0.3, 0.4) is 0 Å². The van der Waals surface area contributed by atoms with Gasteiger partial charge in [0.2, 0.25) is 0 Å². The first-order chi connectivity index (χ1) is 22.3. The highest BCUT2D eigenvalue weighted by Crippen LogP contribution is 2.72. The SMILES string of the molecule is C[C@]12CCC(=O)C=C1C[C@@H](CCCCCCCCNC(=O)C(F)(F)C(F)(F)C(F)(F)F)[C@@H]1[C@@H]2CC[C@@]2(C)[C@H]1CC[C@@]2(O)C(F)(F)C(F)(F)F. The molecule has 0 radical (unpaired) electrons. The molecule has 0 saturated heterocycles. The van der Waals surface area contributed by atoms with Gasteiger partial charge in [-0.3, -0.25) is 9.59 Å². The van der Waals surface area contributed by atoms with E-state index < -0.39 is 71.3 Å². The predicted octanol–water partition coefficient (Wildman–Crippen LogP) is 9.35. The van der Waals surface area contributed by atoms with Gasteiger partial charge in [0.15, 0.2) is 5.78 Å². The van der Waals surface area contributed by atoms with Crippen LogP contribution in [0, 0.1) is 34.5 Å². The Morgan fingerprint density at radius 3 is 1.98 bits per heavy atom. The van der Waals surface area contributed by atoms with Crippen LogP contribution in [0.1, 0.15) is 104 Å². The predicted molar refractivity (Wildman–Crippen MR) is 153 cm³/mol. The molecule has 0 aromatic carbocycles. The average Bonchev–Trinajstić information content (AvgIpc) is 3.27. The summed E-state index contributed by atoms with van der Waals surface area (Å²) in [5.74, 6) is -21.6. The number of fused-ring (bicyclic) bond motifs is 5. The number of amides is 1. The van der Waals surface area contributed by atoms with Gasteiger partial charge < -0.3 is 10.4 Å². The van der Waals surface area contributed by atoms with Gasteiger partial charge in [0.05, 0.1) is 0 Å². The quantitative estimate of drug-likeness (QED) is 0.156. The number of unbranched alkanes of at least 4 members (excludes halogenated alkanes) is 5. The van der Waals surface area contributed by atoms with Crippen LogP contribution in [-0.4, -0.2) is 59.1 Å². The lowest BCUT2D eigenvalue weighted by Crippen LogP contribution is -2.66. The lowest BCUT2D eigenvalue weighted by atomic mass is 9.43. The molecule has 4 aliphatic carbocycles. The Hall–Kier alpha value is -2.00. The minimum atomic E-state index is -6.62. The Morgan fingerprint density at radius 1 is 0.816 bits per heavy atom. The number of allylic oxidation sites excluding steroid dienone is 1. The van der Waals surface area contributed by atoms with Gasteiger partial charge in [0, 0.05) is 18.4 Å². The van der Waals surface area contributed by atoms with E-state index in [-0.39, 0.29) is 42.8 Å². The van der Waals surface area contributed by atoms with Crippen molar-refractivity contribution in [2.24, 2.45) is 34.5 Å². The summed E-state index contributed by atoms with van der Waals surface area (Å²) in [6.45, 7) is 2.86. The van der Waals surface area contributed by atoms with Gasteiger partial charge in [-0.15, -0.1) is 0 Å². The molecule has 4 nitrogen and oxygen atoms in total. The van der Waals surface area contributed by atoms with Crippen molar-refractivity contribution < 1.29 is 67.4 Å². The third-order valence-electron chi connectivity index (χ3n) is 12.5. The molecule has 0 aromatic heterocycles. The summed E-state index contributed by atoms with van der Waals surface area (Å²) in [6.07, 6.45) is -6.50. The van der Waals surface area contributed by atoms with Gasteiger partial charge in [-0.1, -0.05) is 51.5 Å². The number of halogens is 12. The summed E-state index contributed by atoms with van der Waals surface area (Å²) in [5.41, 5.74) is -4.39. The van der Waals surface area contributed by atoms with Crippen molar-refractivity contribution in [3.8, 4) is 0 Å². The number of alkyl halides is 12. The van der Waals surface area contributed by atoms with E-state index in [1.165, 1.54) is 12.2 Å². The highest BCUT2D eigenvalue weighted by molar-refractivity contribution is 5.91. The second-order valence-corrected chi connectivity index (χ2v) is 15.0. The first-order valence-corrected chi connectivity index (χ1v) is 16.8. The number of nitrogens with one attached hydrogen (secondary N) is 1. The largest absolute Gasteiger partial charge is 0.460 e. The third kappa shape index (κ3) is 6.51. The molecule has 4 rings (SSSR count). The zero-order valence-corrected chi connectivity index (χ0v) is 27.3. The second kappa shape index (κ2) is 13.2. The van der Waals surface area contributed by atoms with E-state index in [4.69, 9.17) is 0 Å². The molecule has 3 saturated carbocycles. The maximum atomic E-state index is 15.0. The Balaban J connectivity index is 1.36. The van der Waals surface area contributed by atoms with Crippen molar-refractivity contribution in [3.05, 3.63) is 11.6 Å². The molecule has 0 aromatic rings. The van der Waals surface area contributed by atoms with E-state index in [1.807, 2.05) is 6.92 Å². The van der Waals surface area contributed by atoms with Crippen molar-refractivity contribution >= 4 is 11.7 Å². The Labute approximate surface area is 276 Å². The van der Waals surface area contributed by atoms with Crippen LogP contribution >= 0.6 is 0 Å². The van der Waals surface area contributed by atoms with Crippen molar-refractivity contribution in [2.45, 2.75) is 139 Å². The number of hydrogen-bond donors (Lipinski definition) is 2. The smallest absolute Gasteiger partial charge is 0.383 e. The van der Waals surface area contributed by atoms with E-state index in [1.54, 1.807) is 6.08 Å². The summed E-state index contributed by atoms with van der Waals surface area (Å²) < 4.78 is 161. The summed E-state index contributed by atoms with van der Waals surface area (Å²) in [6, 6.07) is 0. The van der Waals surface area contributed by atoms with Crippen molar-refractivity contribution in [3.63, 3.8) is 0 Å². The summed E-state index contributed by atoms with van der Waals surface area (Å²) in [7, 11) is 0. The minimum absolute atomic E-state index is 0.00656. The number of hydrogen-bond acceptors (Lipinski definition) is 3. The lowest BCUT2D eigenvalue weighted by Gasteiger charge is -2.62. The molecular weight excluding hydrogens is 686 g/mol. The van der Waals surface area contributed by atoms with Crippen LogP contribution in [0.25, 0.3) is 0 Å². The van der Waals surface area contributed by atoms with Gasteiger partial charge in [-0.2, -0.15) is 52.7 Å². The van der Waals surface area contributed by atoms with E-state index >= 15 is 0 Å². The van der Waals surface area contributed by atoms with Gasteiger partial charge in [-0.25, -0.2) is 0 Å². The summed E-state index contributed by atoms with van der Waals surface area (Å²) in [5, 5.41) is 12.6. The van der Waals surface area contributed by atoms with E-state index in [2.05, 4.69) is 0 Å². The molecule has 0 bridgehead atoms. The number of carbonyl (C=O) groups is 2. The molecule has 49 heavy (non-hydrogen) atoms. The van der Waals surface area contributed by atoms with Gasteiger partial charge in [-0.05, 0) is 86.5 Å². The Bertz CT molecular complexity index is 1280. The van der Waals surface area contributed by atoms with Crippen LogP contribution in [0.5, 0.6) is 0 Å². The molecule has 1 amide bonds. The fraction of sp³-hybridized carbons (Fsp3) is 0.879. The van der Waals surface area contributed by atoms with Gasteiger partial charge in [0.1, 0.15) is 5.60 Å². The third-order valence-corrected chi connectivity index (χ3v) is 12.5. The lowest BCUT2D eigenvalue weighted by molar-refractivity contribution is -0.364. The fourth-order valence-electron chi connectivity index (χ4n) is 9.64. The molecule has 2 N–H and O–H groups in total. The molecule has 4 aliphatic rings. The van der Waals surface area contributed by atoms with E-state index in [9.17, 15) is 67.4 Å². The molecular formula is C33H43F12NO3. The van der Waals surface area contributed by atoms with Crippen molar-refractivity contribution in [1.29, 1.82) is 0 Å². The minimum Gasteiger partial charge on any atom is -0.383 e. The maximum Gasteiger partial charge on any atom is 0.460 e. The van der Waals surface area contributed by atoms with Gasteiger partial charge >= 0.3 is 30.1 Å². The average molecular weight is 730 g/mol. The monoisotopic (exact) mass is 729 g/mol. The molecule has 3 fully saturated rings. The first-order valence-electron chi connectivity index (χ1n) is 16.8. The molecule has 16 heteroatoms. The van der Waals surface area contributed by atoms with Crippen LogP contribution < -0.4 is 5.32 Å². The zero-order valence-electron chi connectivity index (χ0n) is 27.3. The van der Waals surface area contributed by atoms with Crippen LogP contribution in [0.15, 0.2) is 11.6 Å². The molecule has 0 unspecified atom stereocenters. The zero-order chi connectivity index (χ0) is 37.1. The Kier molecular flexibility index (Phi) is 10.7. The normalized spacial score (nSPS) is 34.2. The van der Waals surface area contributed by atoms with Crippen LogP contribution in [0.4, 0.5) is 52.7 Å². The molecule has 7 atom stereocenters. The standard InChI is InChI=1S/C33H43F12NO3/c1-26-13-10-21(47)18-20(26)17-19(9-7-5-3-4-6-8-16-46-25(48)29(34,35)31(38,39)33(43,44)45)24-22(26)11-14-27(2)23(24)12-15-28(27,49)30(36,37)32(40,41)42/h18-19,22-24,49H,3-17H2,1-2H3,(H,46,48)/t19-,22+,23+,24-,26+,27+,28+/m1/s1. The second-order valence-electron chi connectivity index (χ2n) is 15.0. The molecule has 282 valence electrons. The van der Waals surface area contributed by atoms with Crippen molar-refractivity contribution in [1.82, 2.24) is 5.32 Å². The maximum absolute atomic E-state index is 15.0. The van der Waals surface area contributed by atoms with E-state index in [0.717, 1.165) is 5.57 Å². The van der Waals surface area contributed by atoms with E-state index in [0.29, 0.717) is 64.2 Å². The van der Waals surface area contributed by atoms with Crippen LogP contribution in [0.2, 0.25) is 0 Å². The van der Waals surface area contributed by atoms with Crippen LogP contribution in [-0.2, 0) is 9.59 Å². The molecule has 0 spiro atoms. The highest BCUT2D eigenvalue weighted by atomic mass is 19.4. The topological polar surface area (TPSA) is 66.4 Å². The van der Waals surface area contributed by atoms with Gasteiger partial charge in [0.25, 0.3) is 5.91 Å². The summed E-state index contributed by atoms with van der Waals surface area (Å²) in [4.78, 5) is 23.8. The number of carbonyl (C=O) groups excluding carboxylic acids is 2. The summed E-state index contributed by atoms with van der Waals surface area (Å²) >= 11 is 0. The fourth-order valence-corrected chi connectivity index (χ4v) is 9.64. The number of rotatable bonds is 12. The first kappa shape index (κ1) is 39.8. The Morgan fingerprint density at radius 2 is 1.39 bits per heavy atom. The molecule has 0 heterocycles. The van der Waals surface area contributed by atoms with Crippen molar-refractivity contribution in [2.75, 3.05) is 6.54 Å². The number of aliphatic hydroxyl groups is 1.